The summed E-state index contributed by atoms with van der Waals surface area (Å²) >= 11 is 5.62. The molecule has 0 atom stereocenters. The van der Waals surface area contributed by atoms with Gasteiger partial charge >= 0.3 is 0 Å². The molecule has 0 aliphatic rings. The molecule has 4 rings (SSSR count). The summed E-state index contributed by atoms with van der Waals surface area (Å²) in [4.78, 5) is 24.4. The molecule has 0 spiro atoms. The van der Waals surface area contributed by atoms with Gasteiger partial charge in [0.15, 0.2) is 8.68 Å². The maximum absolute atomic E-state index is 12.3. The predicted octanol–water partition coefficient (Wildman–Crippen LogP) is 5.26. The molecule has 2 aromatic carbocycles. The lowest BCUT2D eigenvalue weighted by Gasteiger charge is -2.10. The zero-order valence-corrected chi connectivity index (χ0v) is 21.9. The van der Waals surface area contributed by atoms with Crippen LogP contribution in [0.15, 0.2) is 57.2 Å². The van der Waals surface area contributed by atoms with Gasteiger partial charge in [-0.05, 0) is 50.2 Å². The van der Waals surface area contributed by atoms with E-state index in [1.54, 1.807) is 48.5 Å². The van der Waals surface area contributed by atoms with E-state index in [1.807, 2.05) is 13.8 Å². The molecule has 0 aliphatic heterocycles. The molecule has 0 fully saturated rings. The Labute approximate surface area is 218 Å². The van der Waals surface area contributed by atoms with E-state index in [0.717, 1.165) is 18.7 Å². The molecule has 2 N–H and O–H groups in total. The second kappa shape index (κ2) is 12.1. The topological polar surface area (TPSA) is 119 Å². The number of hydrogen-bond acceptors (Lipinski definition) is 11. The highest BCUT2D eigenvalue weighted by molar-refractivity contribution is 8.01. The van der Waals surface area contributed by atoms with E-state index in [-0.39, 0.29) is 23.3 Å². The van der Waals surface area contributed by atoms with Gasteiger partial charge < -0.3 is 15.4 Å². The number of nitrogens with zero attached hydrogens (tertiary/aromatic N) is 4. The molecule has 0 saturated heterocycles. The Balaban J connectivity index is 1.25. The minimum Gasteiger partial charge on any atom is -0.457 e. The Morgan fingerprint density at radius 1 is 0.771 bits per heavy atom. The van der Waals surface area contributed by atoms with Crippen molar-refractivity contribution in [2.24, 2.45) is 0 Å². The van der Waals surface area contributed by atoms with Crippen molar-refractivity contribution in [2.45, 2.75) is 22.5 Å². The van der Waals surface area contributed by atoms with Crippen molar-refractivity contribution in [2.75, 3.05) is 22.1 Å². The minimum atomic E-state index is -0.139. The molecule has 0 bridgehead atoms. The van der Waals surface area contributed by atoms with Crippen LogP contribution in [0.5, 0.6) is 11.5 Å². The summed E-state index contributed by atoms with van der Waals surface area (Å²) in [5, 5.41) is 23.3. The van der Waals surface area contributed by atoms with Crippen molar-refractivity contribution in [3.63, 3.8) is 0 Å². The van der Waals surface area contributed by atoms with Gasteiger partial charge in [-0.3, -0.25) is 9.59 Å². The number of rotatable bonds is 10. The third-order valence-electron chi connectivity index (χ3n) is 4.16. The molecule has 0 unspecified atom stereocenters. The SMILES string of the molecule is Cc1nnc(SCC(=O)Nc2ccc(Oc3cccc(NC(=O)CSc4nnc(C)s4)c3)cc2)s1. The molecule has 2 aromatic heterocycles. The summed E-state index contributed by atoms with van der Waals surface area (Å²) in [5.41, 5.74) is 1.30. The van der Waals surface area contributed by atoms with Crippen LogP contribution in [0.1, 0.15) is 10.0 Å². The molecule has 4 aromatic rings. The molecular weight excluding hydrogens is 525 g/mol. The number of ether oxygens (including phenoxy) is 1. The van der Waals surface area contributed by atoms with Crippen molar-refractivity contribution in [3.05, 3.63) is 58.5 Å². The van der Waals surface area contributed by atoms with Crippen LogP contribution in [-0.4, -0.2) is 43.7 Å². The molecule has 0 saturated carbocycles. The fraction of sp³-hybridized carbons (Fsp3) is 0.182. The zero-order valence-electron chi connectivity index (χ0n) is 18.7. The maximum Gasteiger partial charge on any atom is 0.234 e. The molecule has 35 heavy (non-hydrogen) atoms. The van der Waals surface area contributed by atoms with E-state index >= 15 is 0 Å². The fourth-order valence-corrected chi connectivity index (χ4v) is 5.93. The van der Waals surface area contributed by atoms with E-state index in [9.17, 15) is 9.59 Å². The van der Waals surface area contributed by atoms with Crippen LogP contribution in [0.25, 0.3) is 0 Å². The average Bonchev–Trinajstić information content (AvgIpc) is 3.45. The van der Waals surface area contributed by atoms with Crippen molar-refractivity contribution < 1.29 is 14.3 Å². The zero-order chi connectivity index (χ0) is 24.6. The first-order chi connectivity index (χ1) is 16.9. The van der Waals surface area contributed by atoms with E-state index in [0.29, 0.717) is 22.9 Å². The monoisotopic (exact) mass is 544 g/mol. The normalized spacial score (nSPS) is 10.7. The largest absolute Gasteiger partial charge is 0.457 e. The van der Waals surface area contributed by atoms with Crippen LogP contribution < -0.4 is 15.4 Å². The number of amides is 2. The lowest BCUT2D eigenvalue weighted by atomic mass is 10.2. The Kier molecular flexibility index (Phi) is 8.69. The van der Waals surface area contributed by atoms with Crippen molar-refractivity contribution in [3.8, 4) is 11.5 Å². The Morgan fingerprint density at radius 2 is 1.34 bits per heavy atom. The van der Waals surface area contributed by atoms with Crippen molar-refractivity contribution in [1.29, 1.82) is 0 Å². The van der Waals surface area contributed by atoms with Crippen LogP contribution >= 0.6 is 46.2 Å². The molecule has 13 heteroatoms. The van der Waals surface area contributed by atoms with Gasteiger partial charge in [-0.25, -0.2) is 0 Å². The van der Waals surface area contributed by atoms with Gasteiger partial charge in [0, 0.05) is 17.4 Å². The number of thioether (sulfide) groups is 2. The number of nitrogens with one attached hydrogen (secondary N) is 2. The number of aryl methyl sites for hydroxylation is 2. The summed E-state index contributed by atoms with van der Waals surface area (Å²) in [6.07, 6.45) is 0. The molecule has 2 heterocycles. The Bertz CT molecular complexity index is 1310. The van der Waals surface area contributed by atoms with Gasteiger partial charge in [0.1, 0.15) is 21.5 Å². The lowest BCUT2D eigenvalue weighted by Crippen LogP contribution is -2.14. The minimum absolute atomic E-state index is 0.126. The molecule has 0 radical (unpaired) electrons. The first kappa shape index (κ1) is 25.1. The summed E-state index contributed by atoms with van der Waals surface area (Å²) < 4.78 is 7.43. The number of aromatic nitrogens is 4. The second-order valence-electron chi connectivity index (χ2n) is 7.00. The Morgan fingerprint density at radius 3 is 1.89 bits per heavy atom. The lowest BCUT2D eigenvalue weighted by molar-refractivity contribution is -0.114. The number of benzene rings is 2. The van der Waals surface area contributed by atoms with Crippen LogP contribution in [0.3, 0.4) is 0 Å². The van der Waals surface area contributed by atoms with Gasteiger partial charge in [-0.15, -0.1) is 20.4 Å². The van der Waals surface area contributed by atoms with Crippen molar-refractivity contribution >= 4 is 69.4 Å². The van der Waals surface area contributed by atoms with Crippen LogP contribution in [0.2, 0.25) is 0 Å². The molecular formula is C22H20N6O3S4. The van der Waals surface area contributed by atoms with Gasteiger partial charge in [0.05, 0.1) is 11.5 Å². The average molecular weight is 545 g/mol. The van der Waals surface area contributed by atoms with Gasteiger partial charge in [-0.1, -0.05) is 52.3 Å². The van der Waals surface area contributed by atoms with E-state index in [4.69, 9.17) is 4.74 Å². The van der Waals surface area contributed by atoms with Gasteiger partial charge in [0.2, 0.25) is 11.8 Å². The first-order valence-corrected chi connectivity index (χ1v) is 13.9. The number of carbonyl (C=O) groups is 2. The van der Waals surface area contributed by atoms with Crippen LogP contribution in [0.4, 0.5) is 11.4 Å². The third kappa shape index (κ3) is 8.02. The summed E-state index contributed by atoms with van der Waals surface area (Å²) in [6, 6.07) is 14.2. The smallest absolute Gasteiger partial charge is 0.234 e. The maximum atomic E-state index is 12.3. The summed E-state index contributed by atoms with van der Waals surface area (Å²) in [6.45, 7) is 3.75. The highest BCUT2D eigenvalue weighted by atomic mass is 32.2. The summed E-state index contributed by atoms with van der Waals surface area (Å²) in [5.74, 6) is 1.41. The van der Waals surface area contributed by atoms with Crippen LogP contribution in [0, 0.1) is 13.8 Å². The molecule has 2 amide bonds. The molecule has 0 aliphatic carbocycles. The molecule has 180 valence electrons. The van der Waals surface area contributed by atoms with Gasteiger partial charge in [0.25, 0.3) is 0 Å². The first-order valence-electron chi connectivity index (χ1n) is 10.3. The third-order valence-corrected chi connectivity index (χ3v) is 8.10. The van der Waals surface area contributed by atoms with E-state index in [1.165, 1.54) is 46.2 Å². The highest BCUT2D eigenvalue weighted by Crippen LogP contribution is 2.27. The second-order valence-corrected chi connectivity index (χ2v) is 11.8. The van der Waals surface area contributed by atoms with Gasteiger partial charge in [-0.2, -0.15) is 0 Å². The van der Waals surface area contributed by atoms with Crippen LogP contribution in [-0.2, 0) is 9.59 Å². The number of carbonyl (C=O) groups excluding carboxylic acids is 2. The molecule has 9 nitrogen and oxygen atoms in total. The standard InChI is InChI=1S/C22H20N6O3S4/c1-13-25-27-21(34-13)32-11-19(29)23-15-6-8-17(9-7-15)31-18-5-3-4-16(10-18)24-20(30)12-33-22-28-26-14(2)35-22/h3-10H,11-12H2,1-2H3,(H,23,29)(H,24,30). The predicted molar refractivity (Wildman–Crippen MR) is 141 cm³/mol. The number of anilines is 2. The van der Waals surface area contributed by atoms with Crippen molar-refractivity contribution in [1.82, 2.24) is 20.4 Å². The Hall–Kier alpha value is -3.00. The van der Waals surface area contributed by atoms with E-state index < -0.39 is 0 Å². The van der Waals surface area contributed by atoms with E-state index in [2.05, 4.69) is 31.0 Å². The quantitative estimate of drug-likeness (QED) is 0.258. The summed E-state index contributed by atoms with van der Waals surface area (Å²) in [7, 11) is 0. The fourth-order valence-electron chi connectivity index (χ4n) is 2.70. The number of hydrogen-bond donors (Lipinski definition) is 2. The highest BCUT2D eigenvalue weighted by Gasteiger charge is 2.09.